The van der Waals surface area contributed by atoms with E-state index in [2.05, 4.69) is 40.8 Å². The number of nitrogens with zero attached hydrogens (tertiary/aromatic N) is 4. The number of carbonyl (C=O) groups excluding carboxylic acids is 2. The molecule has 2 amide bonds. The number of likely N-dealkylation sites (N-methyl/N-ethyl adjacent to an activating group) is 3. The molecule has 1 aliphatic heterocycles. The molecule has 1 fully saturated rings. The van der Waals surface area contributed by atoms with Gasteiger partial charge in [-0.15, -0.1) is 0 Å². The molecule has 0 aromatic heterocycles. The van der Waals surface area contributed by atoms with Crippen molar-refractivity contribution in [2.45, 2.75) is 27.3 Å². The molecule has 0 saturated carbocycles. The van der Waals surface area contributed by atoms with E-state index in [4.69, 9.17) is 0 Å². The summed E-state index contributed by atoms with van der Waals surface area (Å²) < 4.78 is 0. The van der Waals surface area contributed by atoms with Gasteiger partial charge in [-0.05, 0) is 25.2 Å². The molecule has 0 radical (unpaired) electrons. The van der Waals surface area contributed by atoms with Crippen LogP contribution in [0.2, 0.25) is 0 Å². The number of nitrogens with one attached hydrogen (secondary N) is 1. The third-order valence-electron chi connectivity index (χ3n) is 5.81. The van der Waals surface area contributed by atoms with Crippen LogP contribution in [0.25, 0.3) is 0 Å². The van der Waals surface area contributed by atoms with Gasteiger partial charge in [0.1, 0.15) is 0 Å². The van der Waals surface area contributed by atoms with E-state index in [1.54, 1.807) is 0 Å². The Balaban J connectivity index is 2.12. The summed E-state index contributed by atoms with van der Waals surface area (Å²) >= 11 is 0. The van der Waals surface area contributed by atoms with Crippen molar-refractivity contribution in [1.82, 2.24) is 24.9 Å². The molecule has 1 aromatic rings. The first-order chi connectivity index (χ1) is 14.5. The van der Waals surface area contributed by atoms with E-state index < -0.39 is 0 Å². The van der Waals surface area contributed by atoms with E-state index in [-0.39, 0.29) is 11.8 Å². The third kappa shape index (κ3) is 8.42. The number of hydrogen-bond donors (Lipinski definition) is 1. The zero-order valence-corrected chi connectivity index (χ0v) is 19.0. The predicted octanol–water partition coefficient (Wildman–Crippen LogP) is 1.11. The molecule has 2 rings (SSSR count). The van der Waals surface area contributed by atoms with Crippen LogP contribution in [0.3, 0.4) is 0 Å². The molecule has 0 bridgehead atoms. The lowest BCUT2D eigenvalue weighted by atomic mass is 10.2. The fraction of sp³-hybridized carbons (Fsp3) is 0.652. The fourth-order valence-electron chi connectivity index (χ4n) is 3.67. The second-order valence-corrected chi connectivity index (χ2v) is 7.82. The molecule has 1 heterocycles. The van der Waals surface area contributed by atoms with Crippen LogP contribution in [0.4, 0.5) is 0 Å². The van der Waals surface area contributed by atoms with Crippen LogP contribution in [0.5, 0.6) is 0 Å². The minimum absolute atomic E-state index is 0.0251. The van der Waals surface area contributed by atoms with Crippen molar-refractivity contribution in [3.8, 4) is 0 Å². The van der Waals surface area contributed by atoms with Crippen LogP contribution in [0.15, 0.2) is 30.3 Å². The van der Waals surface area contributed by atoms with Crippen molar-refractivity contribution in [2.24, 2.45) is 0 Å². The van der Waals surface area contributed by atoms with Gasteiger partial charge < -0.3 is 15.1 Å². The van der Waals surface area contributed by atoms with Crippen LogP contribution in [-0.2, 0) is 16.1 Å². The Hall–Kier alpha value is -1.96. The van der Waals surface area contributed by atoms with E-state index >= 15 is 0 Å². The van der Waals surface area contributed by atoms with Gasteiger partial charge in [0.15, 0.2) is 0 Å². The molecule has 1 aromatic carbocycles. The molecule has 0 atom stereocenters. The lowest BCUT2D eigenvalue weighted by Gasteiger charge is -2.29. The predicted molar refractivity (Wildman–Crippen MR) is 121 cm³/mol. The quantitative estimate of drug-likeness (QED) is 0.778. The summed E-state index contributed by atoms with van der Waals surface area (Å²) in [6, 6.07) is 10.0. The summed E-state index contributed by atoms with van der Waals surface area (Å²) in [5.41, 5.74) is 1.10. The Labute approximate surface area is 182 Å². The minimum atomic E-state index is 0.0251. The van der Waals surface area contributed by atoms with Gasteiger partial charge in [-0.3, -0.25) is 19.4 Å². The normalized spacial score (nSPS) is 19.9. The molecule has 1 N–H and O–H groups in total. The van der Waals surface area contributed by atoms with Crippen molar-refractivity contribution in [3.63, 3.8) is 0 Å². The molecular weight excluding hydrogens is 378 g/mol. The number of carbonyl (C=O) groups is 2. The maximum atomic E-state index is 13.1. The first kappa shape index (κ1) is 24.3. The molecule has 0 unspecified atom stereocenters. The fourth-order valence-corrected chi connectivity index (χ4v) is 3.67. The molecular formula is C23H39N5O2. The summed E-state index contributed by atoms with van der Waals surface area (Å²) in [6.45, 7) is 15.0. The zero-order chi connectivity index (χ0) is 21.8. The summed E-state index contributed by atoms with van der Waals surface area (Å²) in [4.78, 5) is 34.2. The molecule has 1 saturated heterocycles. The van der Waals surface area contributed by atoms with E-state index in [1.807, 2.05) is 35.2 Å². The largest absolute Gasteiger partial charge is 0.353 e. The maximum absolute atomic E-state index is 13.1. The molecule has 0 spiro atoms. The summed E-state index contributed by atoms with van der Waals surface area (Å²) in [5.74, 6) is 0.139. The van der Waals surface area contributed by atoms with E-state index in [0.717, 1.165) is 51.4 Å². The molecule has 30 heavy (non-hydrogen) atoms. The highest BCUT2D eigenvalue weighted by molar-refractivity contribution is 5.79. The first-order valence-corrected chi connectivity index (χ1v) is 11.3. The van der Waals surface area contributed by atoms with Gasteiger partial charge in [-0.2, -0.15) is 0 Å². The molecule has 1 aliphatic rings. The minimum Gasteiger partial charge on any atom is -0.353 e. The van der Waals surface area contributed by atoms with Crippen molar-refractivity contribution in [1.29, 1.82) is 0 Å². The molecule has 7 heteroatoms. The lowest BCUT2D eigenvalue weighted by Crippen LogP contribution is -2.45. The SMILES string of the molecule is CCN1CCN(CC)CC(=O)NCCN(Cc2ccccc2)C(=O)CN(CC)CC1. The van der Waals surface area contributed by atoms with Gasteiger partial charge in [-0.25, -0.2) is 0 Å². The summed E-state index contributed by atoms with van der Waals surface area (Å²) in [6.07, 6.45) is 0. The van der Waals surface area contributed by atoms with Crippen molar-refractivity contribution >= 4 is 11.8 Å². The van der Waals surface area contributed by atoms with E-state index in [9.17, 15) is 9.59 Å². The van der Waals surface area contributed by atoms with Gasteiger partial charge in [0, 0.05) is 45.8 Å². The van der Waals surface area contributed by atoms with Gasteiger partial charge >= 0.3 is 0 Å². The highest BCUT2D eigenvalue weighted by atomic mass is 16.2. The Morgan fingerprint density at radius 1 is 0.767 bits per heavy atom. The smallest absolute Gasteiger partial charge is 0.237 e. The third-order valence-corrected chi connectivity index (χ3v) is 5.81. The monoisotopic (exact) mass is 417 g/mol. The van der Waals surface area contributed by atoms with E-state index in [1.165, 1.54) is 0 Å². The Morgan fingerprint density at radius 3 is 1.93 bits per heavy atom. The molecule has 168 valence electrons. The van der Waals surface area contributed by atoms with Gasteiger partial charge in [0.2, 0.25) is 11.8 Å². The average molecular weight is 418 g/mol. The highest BCUT2D eigenvalue weighted by Crippen LogP contribution is 2.06. The van der Waals surface area contributed by atoms with Crippen LogP contribution in [0, 0.1) is 0 Å². The average Bonchev–Trinajstić information content (AvgIpc) is 2.76. The second-order valence-electron chi connectivity index (χ2n) is 7.82. The number of amides is 2. The van der Waals surface area contributed by atoms with Crippen molar-refractivity contribution in [2.75, 3.05) is 72.0 Å². The van der Waals surface area contributed by atoms with E-state index in [0.29, 0.717) is 32.7 Å². The Bertz CT molecular complexity index is 640. The van der Waals surface area contributed by atoms with Gasteiger partial charge in [0.05, 0.1) is 13.1 Å². The number of rotatable bonds is 5. The molecule has 7 nitrogen and oxygen atoms in total. The lowest BCUT2D eigenvalue weighted by molar-refractivity contribution is -0.133. The summed E-state index contributed by atoms with van der Waals surface area (Å²) in [5, 5.41) is 3.00. The Kier molecular flexibility index (Phi) is 10.8. The van der Waals surface area contributed by atoms with Crippen LogP contribution < -0.4 is 5.32 Å². The maximum Gasteiger partial charge on any atom is 0.237 e. The zero-order valence-electron chi connectivity index (χ0n) is 19.0. The second kappa shape index (κ2) is 13.4. The number of hydrogen-bond acceptors (Lipinski definition) is 5. The van der Waals surface area contributed by atoms with Crippen LogP contribution in [0.1, 0.15) is 26.3 Å². The number of benzene rings is 1. The highest BCUT2D eigenvalue weighted by Gasteiger charge is 2.19. The first-order valence-electron chi connectivity index (χ1n) is 11.3. The van der Waals surface area contributed by atoms with Crippen molar-refractivity contribution < 1.29 is 9.59 Å². The molecule has 0 aliphatic carbocycles. The topological polar surface area (TPSA) is 59.1 Å². The standard InChI is InChI=1S/C23H39N5O2/c1-4-25-14-16-26(5-2)19-22(29)24-12-13-28(18-21-10-8-7-9-11-21)23(30)20-27(6-3)17-15-25/h7-11H,4-6,12-20H2,1-3H3,(H,24,29). The van der Waals surface area contributed by atoms with Crippen LogP contribution in [-0.4, -0.2) is 103 Å². The summed E-state index contributed by atoms with van der Waals surface area (Å²) in [7, 11) is 0. The van der Waals surface area contributed by atoms with Crippen LogP contribution >= 0.6 is 0 Å². The van der Waals surface area contributed by atoms with Gasteiger partial charge in [0.25, 0.3) is 0 Å². The van der Waals surface area contributed by atoms with Crippen molar-refractivity contribution in [3.05, 3.63) is 35.9 Å². The Morgan fingerprint density at radius 2 is 1.33 bits per heavy atom. The van der Waals surface area contributed by atoms with Gasteiger partial charge in [-0.1, -0.05) is 51.1 Å².